The number of hydrogen-bond acceptors (Lipinski definition) is 6. The summed E-state index contributed by atoms with van der Waals surface area (Å²) < 4.78 is 4.87. The molecule has 0 spiro atoms. The van der Waals surface area contributed by atoms with Gasteiger partial charge in [-0.15, -0.1) is 22.7 Å². The lowest BCUT2D eigenvalue weighted by molar-refractivity contribution is 1.32. The second-order valence-electron chi connectivity index (χ2n) is 30.9. The molecule has 0 aliphatic rings. The summed E-state index contributed by atoms with van der Waals surface area (Å²) in [5.74, 6) is 0. The van der Waals surface area contributed by atoms with Crippen molar-refractivity contribution in [3.63, 3.8) is 0 Å². The van der Waals surface area contributed by atoms with E-state index in [2.05, 4.69) is 444 Å². The van der Waals surface area contributed by atoms with Crippen LogP contribution in [0.1, 0.15) is 0 Å². The van der Waals surface area contributed by atoms with Crippen LogP contribution in [0.5, 0.6) is 0 Å². The van der Waals surface area contributed by atoms with Crippen molar-refractivity contribution in [1.82, 2.24) is 0 Å². The lowest BCUT2D eigenvalue weighted by Gasteiger charge is -2.29. The molecule has 22 aromatic carbocycles. The molecule has 0 fully saturated rings. The van der Waals surface area contributed by atoms with Crippen LogP contribution >= 0.6 is 22.7 Å². The van der Waals surface area contributed by atoms with Crippen LogP contribution in [0.25, 0.3) is 159 Å². The zero-order chi connectivity index (χ0) is 77.5. The van der Waals surface area contributed by atoms with Crippen LogP contribution < -0.4 is 19.6 Å². The minimum Gasteiger partial charge on any atom is -0.308 e. The van der Waals surface area contributed by atoms with Crippen molar-refractivity contribution in [3.8, 4) is 11.1 Å². The molecule has 0 N–H and O–H groups in total. The van der Waals surface area contributed by atoms with Crippen molar-refractivity contribution in [2.45, 2.75) is 0 Å². The van der Waals surface area contributed by atoms with Gasteiger partial charge in [0.15, 0.2) is 0 Å². The molecule has 6 heteroatoms. The first-order chi connectivity index (χ1) is 58.6. The van der Waals surface area contributed by atoms with Gasteiger partial charge in [-0.05, 0) is 200 Å². The van der Waals surface area contributed by atoms with Crippen molar-refractivity contribution in [1.29, 1.82) is 0 Å². The Morgan fingerprint density at radius 1 is 0.144 bits per heavy atom. The van der Waals surface area contributed by atoms with E-state index in [9.17, 15) is 0 Å². The molecule has 4 nitrogen and oxygen atoms in total. The Bertz CT molecular complexity index is 8220. The average Bonchev–Trinajstić information content (AvgIpc) is 1.55. The minimum atomic E-state index is 1.07. The molecule has 0 aliphatic carbocycles. The molecule has 0 unspecified atom stereocenters. The number of para-hydroxylation sites is 4. The first kappa shape index (κ1) is 67.6. The monoisotopic (exact) mass is 1530 g/mol. The highest BCUT2D eigenvalue weighted by Gasteiger charge is 2.31. The normalized spacial score (nSPS) is 11.9. The van der Waals surface area contributed by atoms with Gasteiger partial charge in [-0.25, -0.2) is 0 Å². The smallest absolute Gasteiger partial charge is 0.0647 e. The maximum absolute atomic E-state index is 2.57. The summed E-state index contributed by atoms with van der Waals surface area (Å²) in [5.41, 5.74) is 15.6. The quantitative estimate of drug-likeness (QED) is 0.107. The van der Waals surface area contributed by atoms with Crippen LogP contribution in [0.4, 0.5) is 68.2 Å². The van der Waals surface area contributed by atoms with E-state index in [1.54, 1.807) is 0 Å². The van der Waals surface area contributed by atoms with E-state index in [0.717, 1.165) is 95.5 Å². The van der Waals surface area contributed by atoms with Crippen molar-refractivity contribution >= 4 is 239 Å². The molecule has 2 aromatic heterocycles. The Balaban J connectivity index is 0.713. The molecule has 24 rings (SSSR count). The molecular weight excluding hydrogens is 1470 g/mol. The Kier molecular flexibility index (Phi) is 15.7. The van der Waals surface area contributed by atoms with Crippen LogP contribution in [0, 0.1) is 0 Å². The van der Waals surface area contributed by atoms with Crippen molar-refractivity contribution in [2.24, 2.45) is 0 Å². The zero-order valence-electron chi connectivity index (χ0n) is 64.0. The second kappa shape index (κ2) is 27.4. The third-order valence-electron chi connectivity index (χ3n) is 24.4. The Morgan fingerprint density at radius 3 is 0.831 bits per heavy atom. The average molecular weight is 1540 g/mol. The van der Waals surface area contributed by atoms with Crippen LogP contribution in [-0.4, -0.2) is 0 Å². The van der Waals surface area contributed by atoms with Crippen LogP contribution in [0.2, 0.25) is 0 Å². The van der Waals surface area contributed by atoms with Crippen LogP contribution in [0.15, 0.2) is 425 Å². The highest BCUT2D eigenvalue weighted by molar-refractivity contribution is 7.28. The van der Waals surface area contributed by atoms with Gasteiger partial charge in [-0.1, -0.05) is 322 Å². The zero-order valence-corrected chi connectivity index (χ0v) is 65.7. The van der Waals surface area contributed by atoms with Gasteiger partial charge < -0.3 is 19.6 Å². The lowest BCUT2D eigenvalue weighted by atomic mass is 9.92. The van der Waals surface area contributed by atoms with Gasteiger partial charge >= 0.3 is 0 Å². The highest BCUT2D eigenvalue weighted by Crippen LogP contribution is 2.59. The first-order valence-electron chi connectivity index (χ1n) is 40.4. The van der Waals surface area contributed by atoms with Gasteiger partial charge in [0, 0.05) is 65.8 Å². The topological polar surface area (TPSA) is 13.0 Å². The van der Waals surface area contributed by atoms with Gasteiger partial charge in [0.2, 0.25) is 0 Å². The lowest BCUT2D eigenvalue weighted by Crippen LogP contribution is -2.11. The molecule has 118 heavy (non-hydrogen) atoms. The maximum atomic E-state index is 2.57. The molecule has 0 aliphatic heterocycles. The number of hydrogen-bond donors (Lipinski definition) is 0. The fourth-order valence-electron chi connectivity index (χ4n) is 19.3. The Labute approximate surface area is 689 Å². The predicted octanol–water partition coefficient (Wildman–Crippen LogP) is 33.5. The summed E-state index contributed by atoms with van der Waals surface area (Å²) in [4.78, 5) is 10.2. The molecule has 0 amide bonds. The fourth-order valence-corrected chi connectivity index (χ4v) is 22.0. The summed E-state index contributed by atoms with van der Waals surface area (Å²) in [6.07, 6.45) is 0. The number of anilines is 12. The molecule has 0 bridgehead atoms. The van der Waals surface area contributed by atoms with Crippen molar-refractivity contribution in [2.75, 3.05) is 19.6 Å². The van der Waals surface area contributed by atoms with Gasteiger partial charge in [0.1, 0.15) is 0 Å². The first-order valence-corrected chi connectivity index (χ1v) is 42.1. The second-order valence-corrected chi connectivity index (χ2v) is 32.9. The molecule has 0 atom stereocenters. The van der Waals surface area contributed by atoms with Gasteiger partial charge in [-0.3, -0.25) is 0 Å². The van der Waals surface area contributed by atoms with E-state index in [0.29, 0.717) is 0 Å². The molecular formula is C112H70N4S2. The summed E-state index contributed by atoms with van der Waals surface area (Å²) in [5, 5.41) is 28.9. The SMILES string of the molecule is c1ccc(N(c2cccc3ccccc23)c2cc3ccccc3c3c2sc2c(N(c4ccccc4)c4cccc5c(-c6ccc7c(c6)cc(N(c6ccccc6)c6cc8ccccc8c8c6sc6c(N(c9ccccc9)c9cc%10ccccc%10c%10ccccc9%10)cc9ccccc9c68)c6ccccc67)cccc45)cc4ccccc4c23)cc1. The summed E-state index contributed by atoms with van der Waals surface area (Å²) in [6, 6.07) is 158. The van der Waals surface area contributed by atoms with Crippen LogP contribution in [-0.2, 0) is 0 Å². The molecule has 2 heterocycles. The number of benzene rings is 22. The highest BCUT2D eigenvalue weighted by atomic mass is 32.1. The number of nitrogens with zero attached hydrogens (tertiary/aromatic N) is 4. The number of rotatable bonds is 13. The molecule has 0 radical (unpaired) electrons. The predicted molar refractivity (Wildman–Crippen MR) is 511 cm³/mol. The fraction of sp³-hybridized carbons (Fsp3) is 0. The van der Waals surface area contributed by atoms with E-state index in [4.69, 9.17) is 0 Å². The van der Waals surface area contributed by atoms with Gasteiger partial charge in [-0.2, -0.15) is 0 Å². The minimum absolute atomic E-state index is 1.07. The molecule has 0 saturated heterocycles. The standard InChI is InChI=1S/C112H70N4S2/c1-5-39-79(40-6-1)113(97-60-29-38-71-32-13-20-48-86(71)97)101-66-73-34-15-21-49-87(73)105-106-88-50-22-16-35-74(88)67-102(110(106)117-109(101)105)114(80-41-7-2-8-42-80)98-61-31-58-93-84(57-30-59-94(93)98)77-62-63-85-78(64-77)70-100(96-56-28-26-54-92(85)96)116(82-45-11-4-12-46-82)104-69-76-37-18-24-52-90(76)108-107-89-51-23-17-36-75(89)68-103(111(107)118-112(104)108)115(81-43-9-3-10-44-81)99-65-72-33-14-19-47-83(72)91-53-25-27-55-95(91)99/h1-70H. The molecule has 550 valence electrons. The van der Waals surface area contributed by atoms with Crippen LogP contribution in [0.3, 0.4) is 0 Å². The maximum Gasteiger partial charge on any atom is 0.0647 e. The third-order valence-corrected chi connectivity index (χ3v) is 26.9. The summed E-state index contributed by atoms with van der Waals surface area (Å²) >= 11 is 3.82. The van der Waals surface area contributed by atoms with Gasteiger partial charge in [0.05, 0.1) is 64.3 Å². The Morgan fingerprint density at radius 2 is 0.407 bits per heavy atom. The summed E-state index contributed by atoms with van der Waals surface area (Å²) in [6.45, 7) is 0. The van der Waals surface area contributed by atoms with Gasteiger partial charge in [0.25, 0.3) is 0 Å². The van der Waals surface area contributed by atoms with Crippen molar-refractivity contribution in [3.05, 3.63) is 425 Å². The number of thiophene rings is 2. The van der Waals surface area contributed by atoms with Crippen molar-refractivity contribution < 1.29 is 0 Å². The summed E-state index contributed by atoms with van der Waals surface area (Å²) in [7, 11) is 0. The number of fused-ring (bicyclic) bond motifs is 22. The van der Waals surface area contributed by atoms with E-state index in [1.807, 2.05) is 22.7 Å². The Hall–Kier alpha value is -14.9. The molecule has 0 saturated carbocycles. The van der Waals surface area contributed by atoms with E-state index in [-0.39, 0.29) is 0 Å². The third kappa shape index (κ3) is 10.7. The largest absolute Gasteiger partial charge is 0.308 e. The van der Waals surface area contributed by atoms with E-state index >= 15 is 0 Å². The van der Waals surface area contributed by atoms with E-state index < -0.39 is 0 Å². The van der Waals surface area contributed by atoms with E-state index in [1.165, 1.54) is 132 Å². The molecule has 24 aromatic rings.